The van der Waals surface area contributed by atoms with E-state index in [-0.39, 0.29) is 12.6 Å². The lowest BCUT2D eigenvalue weighted by Gasteiger charge is -2.18. The smallest absolute Gasteiger partial charge is 0.105 e. The summed E-state index contributed by atoms with van der Waals surface area (Å²) in [7, 11) is 0. The standard InChI is InChI=1S/C19H20ClFN2O/c20-15-5-3-4-13(8-15)19(24)12-22-16(10-21)9-14-11-23-18-7-2-1-6-17(14)18/h1-8,11,16,19,22-24H,9-10,12H2. The number of aliphatic hydroxyl groups is 1. The van der Waals surface area contributed by atoms with E-state index in [2.05, 4.69) is 10.3 Å². The van der Waals surface area contributed by atoms with Gasteiger partial charge in [0, 0.05) is 34.7 Å². The molecule has 5 heteroatoms. The summed E-state index contributed by atoms with van der Waals surface area (Å²) in [6, 6.07) is 14.7. The van der Waals surface area contributed by atoms with Gasteiger partial charge < -0.3 is 15.4 Å². The summed E-state index contributed by atoms with van der Waals surface area (Å²) in [6.07, 6.45) is 1.76. The van der Waals surface area contributed by atoms with Crippen molar-refractivity contribution in [3.63, 3.8) is 0 Å². The summed E-state index contributed by atoms with van der Waals surface area (Å²) in [5.41, 5.74) is 2.83. The Balaban J connectivity index is 1.62. The average molecular weight is 347 g/mol. The van der Waals surface area contributed by atoms with Crippen LogP contribution in [0, 0.1) is 0 Å². The lowest BCUT2D eigenvalue weighted by molar-refractivity contribution is 0.166. The average Bonchev–Trinajstić information content (AvgIpc) is 3.01. The summed E-state index contributed by atoms with van der Waals surface area (Å²) in [5.74, 6) is 0. The number of para-hydroxylation sites is 1. The molecule has 126 valence electrons. The minimum absolute atomic E-state index is 0.275. The maximum atomic E-state index is 13.4. The van der Waals surface area contributed by atoms with Gasteiger partial charge in [-0.05, 0) is 35.7 Å². The number of halogens is 2. The first-order valence-corrected chi connectivity index (χ1v) is 8.33. The number of nitrogens with one attached hydrogen (secondary N) is 2. The van der Waals surface area contributed by atoms with E-state index >= 15 is 0 Å². The van der Waals surface area contributed by atoms with Crippen LogP contribution < -0.4 is 5.32 Å². The largest absolute Gasteiger partial charge is 0.387 e. The molecule has 2 aromatic carbocycles. The molecule has 0 aliphatic heterocycles. The number of rotatable bonds is 7. The molecule has 3 aromatic rings. The zero-order valence-electron chi connectivity index (χ0n) is 13.2. The van der Waals surface area contributed by atoms with Crippen molar-refractivity contribution in [2.75, 3.05) is 13.2 Å². The van der Waals surface area contributed by atoms with Gasteiger partial charge in [0.15, 0.2) is 0 Å². The molecule has 0 radical (unpaired) electrons. The van der Waals surface area contributed by atoms with Gasteiger partial charge in [0.25, 0.3) is 0 Å². The highest BCUT2D eigenvalue weighted by Gasteiger charge is 2.15. The quantitative estimate of drug-likeness (QED) is 0.605. The fourth-order valence-electron chi connectivity index (χ4n) is 2.86. The number of alkyl halides is 1. The van der Waals surface area contributed by atoms with Crippen molar-refractivity contribution in [3.8, 4) is 0 Å². The molecular weight excluding hydrogens is 327 g/mol. The minimum atomic E-state index is -0.722. The van der Waals surface area contributed by atoms with Crippen LogP contribution in [-0.2, 0) is 6.42 Å². The Kier molecular flexibility index (Phi) is 5.51. The summed E-state index contributed by atoms with van der Waals surface area (Å²) in [5, 5.41) is 15.0. The molecule has 0 aliphatic carbocycles. The van der Waals surface area contributed by atoms with E-state index in [1.54, 1.807) is 18.2 Å². The summed E-state index contributed by atoms with van der Waals surface area (Å²) < 4.78 is 13.4. The molecule has 3 N–H and O–H groups in total. The van der Waals surface area contributed by atoms with E-state index in [0.29, 0.717) is 11.4 Å². The van der Waals surface area contributed by atoms with Crippen molar-refractivity contribution >= 4 is 22.5 Å². The van der Waals surface area contributed by atoms with Gasteiger partial charge in [-0.2, -0.15) is 0 Å². The number of aliphatic hydroxyl groups excluding tert-OH is 1. The van der Waals surface area contributed by atoms with Crippen molar-refractivity contribution < 1.29 is 9.50 Å². The van der Waals surface area contributed by atoms with Crippen molar-refractivity contribution in [1.82, 2.24) is 10.3 Å². The van der Waals surface area contributed by atoms with Gasteiger partial charge in [-0.3, -0.25) is 0 Å². The van der Waals surface area contributed by atoms with Gasteiger partial charge in [0.05, 0.1) is 6.10 Å². The van der Waals surface area contributed by atoms with Crippen LogP contribution in [0.3, 0.4) is 0 Å². The molecule has 1 heterocycles. The monoisotopic (exact) mass is 346 g/mol. The van der Waals surface area contributed by atoms with Crippen molar-refractivity contribution in [2.45, 2.75) is 18.6 Å². The van der Waals surface area contributed by atoms with E-state index in [1.165, 1.54) is 0 Å². The van der Waals surface area contributed by atoms with Crippen molar-refractivity contribution in [3.05, 3.63) is 70.9 Å². The third kappa shape index (κ3) is 3.96. The predicted octanol–water partition coefficient (Wildman–Crippen LogP) is 4.03. The van der Waals surface area contributed by atoms with E-state index < -0.39 is 12.8 Å². The third-order valence-electron chi connectivity index (χ3n) is 4.16. The lowest BCUT2D eigenvalue weighted by Crippen LogP contribution is -2.36. The molecule has 2 atom stereocenters. The second-order valence-corrected chi connectivity index (χ2v) is 6.33. The minimum Gasteiger partial charge on any atom is -0.387 e. The SMILES string of the molecule is OC(CNC(CF)Cc1c[nH]c2ccccc12)c1cccc(Cl)c1. The Hall–Kier alpha value is -1.88. The number of aromatic nitrogens is 1. The molecule has 0 spiro atoms. The molecular formula is C19H20ClFN2O. The van der Waals surface area contributed by atoms with E-state index in [4.69, 9.17) is 11.6 Å². The fraction of sp³-hybridized carbons (Fsp3) is 0.263. The summed E-state index contributed by atoms with van der Waals surface area (Å²) in [6.45, 7) is -0.223. The van der Waals surface area contributed by atoms with Crippen LogP contribution in [0.5, 0.6) is 0 Å². The van der Waals surface area contributed by atoms with Gasteiger partial charge in [0.2, 0.25) is 0 Å². The van der Waals surface area contributed by atoms with Crippen molar-refractivity contribution in [1.29, 1.82) is 0 Å². The number of H-pyrrole nitrogens is 1. The number of aromatic amines is 1. The maximum Gasteiger partial charge on any atom is 0.105 e. The molecule has 0 fully saturated rings. The van der Waals surface area contributed by atoms with Crippen molar-refractivity contribution in [2.24, 2.45) is 0 Å². The molecule has 3 rings (SSSR count). The third-order valence-corrected chi connectivity index (χ3v) is 4.40. The fourth-order valence-corrected chi connectivity index (χ4v) is 3.06. The number of benzene rings is 2. The first-order chi connectivity index (χ1) is 11.7. The second-order valence-electron chi connectivity index (χ2n) is 5.89. The molecule has 3 nitrogen and oxygen atoms in total. The van der Waals surface area contributed by atoms with Gasteiger partial charge in [0.1, 0.15) is 6.67 Å². The van der Waals surface area contributed by atoms with Crippen LogP contribution in [-0.4, -0.2) is 29.4 Å². The normalized spacial score (nSPS) is 14.0. The second kappa shape index (κ2) is 7.79. The summed E-state index contributed by atoms with van der Waals surface area (Å²) >= 11 is 5.93. The molecule has 0 bridgehead atoms. The molecule has 0 saturated carbocycles. The molecule has 0 saturated heterocycles. The number of hydrogen-bond acceptors (Lipinski definition) is 2. The number of fused-ring (bicyclic) bond motifs is 1. The van der Waals surface area contributed by atoms with E-state index in [9.17, 15) is 9.50 Å². The summed E-state index contributed by atoms with van der Waals surface area (Å²) in [4.78, 5) is 3.20. The van der Waals surface area contributed by atoms with Gasteiger partial charge in [-0.25, -0.2) is 4.39 Å². The predicted molar refractivity (Wildman–Crippen MR) is 96.2 cm³/mol. The molecule has 0 aliphatic rings. The number of hydrogen-bond donors (Lipinski definition) is 3. The molecule has 1 aromatic heterocycles. The van der Waals surface area contributed by atoms with E-state index in [0.717, 1.165) is 22.0 Å². The van der Waals surface area contributed by atoms with Crippen LogP contribution in [0.4, 0.5) is 4.39 Å². The van der Waals surface area contributed by atoms with E-state index in [1.807, 2.05) is 36.5 Å². The van der Waals surface area contributed by atoms with Gasteiger partial charge >= 0.3 is 0 Å². The van der Waals surface area contributed by atoms with Crippen LogP contribution in [0.1, 0.15) is 17.2 Å². The lowest BCUT2D eigenvalue weighted by atomic mass is 10.0. The van der Waals surface area contributed by atoms with Crippen LogP contribution in [0.25, 0.3) is 10.9 Å². The zero-order valence-corrected chi connectivity index (χ0v) is 13.9. The topological polar surface area (TPSA) is 48.0 Å². The highest BCUT2D eigenvalue weighted by molar-refractivity contribution is 6.30. The molecule has 2 unspecified atom stereocenters. The molecule has 24 heavy (non-hydrogen) atoms. The van der Waals surface area contributed by atoms with Gasteiger partial charge in [-0.15, -0.1) is 0 Å². The highest BCUT2D eigenvalue weighted by Crippen LogP contribution is 2.20. The maximum absolute atomic E-state index is 13.4. The Labute approximate surface area is 145 Å². The van der Waals surface area contributed by atoms with Crippen LogP contribution in [0.15, 0.2) is 54.7 Å². The van der Waals surface area contributed by atoms with Gasteiger partial charge in [-0.1, -0.05) is 41.9 Å². The highest BCUT2D eigenvalue weighted by atomic mass is 35.5. The Bertz CT molecular complexity index is 805. The Morgan fingerprint density at radius 2 is 2.00 bits per heavy atom. The zero-order chi connectivity index (χ0) is 16.9. The first kappa shape index (κ1) is 17.0. The van der Waals surface area contributed by atoms with Crippen LogP contribution >= 0.6 is 11.6 Å². The molecule has 0 amide bonds. The first-order valence-electron chi connectivity index (χ1n) is 7.95. The van der Waals surface area contributed by atoms with Crippen LogP contribution in [0.2, 0.25) is 5.02 Å². The Morgan fingerprint density at radius 1 is 1.17 bits per heavy atom. The Morgan fingerprint density at radius 3 is 2.79 bits per heavy atom.